The molecule has 0 spiro atoms. The van der Waals surface area contributed by atoms with Gasteiger partial charge in [-0.15, -0.1) is 0 Å². The van der Waals surface area contributed by atoms with Crippen LogP contribution in [-0.4, -0.2) is 16.1 Å². The lowest BCUT2D eigenvalue weighted by molar-refractivity contribution is -0.150. The summed E-state index contributed by atoms with van der Waals surface area (Å²) in [5.41, 5.74) is 0.249. The quantitative estimate of drug-likeness (QED) is 0.824. The fourth-order valence-corrected chi connectivity index (χ4v) is 1.45. The fourth-order valence-electron chi connectivity index (χ4n) is 1.45. The van der Waals surface area contributed by atoms with Crippen molar-refractivity contribution in [2.45, 2.75) is 27.2 Å². The van der Waals surface area contributed by atoms with Gasteiger partial charge < -0.3 is 5.11 Å². The largest absolute Gasteiger partial charge is 0.481 e. The first-order chi connectivity index (χ1) is 6.97. The Kier molecular flexibility index (Phi) is 3.45. The third-order valence-corrected chi connectivity index (χ3v) is 3.06. The summed E-state index contributed by atoms with van der Waals surface area (Å²) in [6.45, 7) is 5.65. The van der Waals surface area contributed by atoms with E-state index in [2.05, 4.69) is 4.98 Å². The predicted octanol–water partition coefficient (Wildman–Crippen LogP) is 2.37. The van der Waals surface area contributed by atoms with Crippen molar-refractivity contribution in [3.63, 3.8) is 0 Å². The zero-order valence-electron chi connectivity index (χ0n) is 9.40. The van der Waals surface area contributed by atoms with Gasteiger partial charge in [0.1, 0.15) is 0 Å². The highest BCUT2D eigenvalue weighted by Gasteiger charge is 2.36. The first-order valence-electron chi connectivity index (χ1n) is 5.09. The van der Waals surface area contributed by atoms with Crippen molar-refractivity contribution >= 4 is 5.97 Å². The van der Waals surface area contributed by atoms with Crippen molar-refractivity contribution in [2.75, 3.05) is 0 Å². The number of pyridine rings is 1. The Morgan fingerprint density at radius 3 is 2.67 bits per heavy atom. The minimum Gasteiger partial charge on any atom is -0.481 e. The molecule has 82 valence electrons. The van der Waals surface area contributed by atoms with Crippen LogP contribution in [-0.2, 0) is 11.2 Å². The van der Waals surface area contributed by atoms with Gasteiger partial charge in [-0.3, -0.25) is 9.78 Å². The summed E-state index contributed by atoms with van der Waals surface area (Å²) in [5.74, 6) is -0.656. The van der Waals surface area contributed by atoms with Gasteiger partial charge in [-0.25, -0.2) is 0 Å². The SMILES string of the molecule is CC(C)C(C)(Cc1cccnc1)C(=O)O. The van der Waals surface area contributed by atoms with Crippen LogP contribution in [0.2, 0.25) is 0 Å². The van der Waals surface area contributed by atoms with Crippen molar-refractivity contribution in [3.05, 3.63) is 30.1 Å². The molecule has 1 atom stereocenters. The summed E-state index contributed by atoms with van der Waals surface area (Å²) in [6, 6.07) is 3.74. The maximum absolute atomic E-state index is 11.2. The van der Waals surface area contributed by atoms with Gasteiger partial charge >= 0.3 is 5.97 Å². The Bertz CT molecular complexity index is 335. The number of hydrogen-bond acceptors (Lipinski definition) is 2. The van der Waals surface area contributed by atoms with E-state index < -0.39 is 11.4 Å². The Hall–Kier alpha value is -1.38. The first-order valence-corrected chi connectivity index (χ1v) is 5.09. The van der Waals surface area contributed by atoms with Gasteiger partial charge in [-0.1, -0.05) is 19.9 Å². The molecular weight excluding hydrogens is 190 g/mol. The van der Waals surface area contributed by atoms with E-state index in [4.69, 9.17) is 0 Å². The maximum Gasteiger partial charge on any atom is 0.309 e. The van der Waals surface area contributed by atoms with E-state index in [1.165, 1.54) is 0 Å². The molecule has 1 N–H and O–H groups in total. The number of carboxylic acid groups (broad SMARTS) is 1. The van der Waals surface area contributed by atoms with Crippen molar-refractivity contribution in [1.29, 1.82) is 0 Å². The average Bonchev–Trinajstić information content (AvgIpc) is 2.18. The van der Waals surface area contributed by atoms with Crippen molar-refractivity contribution in [3.8, 4) is 0 Å². The Balaban J connectivity index is 2.90. The zero-order valence-corrected chi connectivity index (χ0v) is 9.40. The second-order valence-corrected chi connectivity index (χ2v) is 4.42. The fraction of sp³-hybridized carbons (Fsp3) is 0.500. The topological polar surface area (TPSA) is 50.2 Å². The van der Waals surface area contributed by atoms with Crippen molar-refractivity contribution < 1.29 is 9.90 Å². The standard InChI is InChI=1S/C12H17NO2/c1-9(2)12(3,11(14)15)7-10-5-4-6-13-8-10/h4-6,8-9H,7H2,1-3H3,(H,14,15). The normalized spacial score (nSPS) is 14.9. The molecule has 0 bridgehead atoms. The molecular formula is C12H17NO2. The van der Waals surface area contributed by atoms with Crippen LogP contribution >= 0.6 is 0 Å². The summed E-state index contributed by atoms with van der Waals surface area (Å²) in [4.78, 5) is 15.2. The third kappa shape index (κ3) is 2.55. The van der Waals surface area contributed by atoms with Gasteiger partial charge in [-0.05, 0) is 30.9 Å². The van der Waals surface area contributed by atoms with Crippen LogP contribution in [0.25, 0.3) is 0 Å². The molecule has 15 heavy (non-hydrogen) atoms. The summed E-state index contributed by atoms with van der Waals surface area (Å²) in [5, 5.41) is 9.24. The Labute approximate surface area is 90.2 Å². The van der Waals surface area contributed by atoms with Crippen LogP contribution in [0.15, 0.2) is 24.5 Å². The number of carbonyl (C=O) groups is 1. The molecule has 3 nitrogen and oxygen atoms in total. The summed E-state index contributed by atoms with van der Waals surface area (Å²) in [7, 11) is 0. The Morgan fingerprint density at radius 2 is 2.27 bits per heavy atom. The number of aromatic nitrogens is 1. The lowest BCUT2D eigenvalue weighted by Crippen LogP contribution is -2.35. The summed E-state index contributed by atoms with van der Waals surface area (Å²) in [6.07, 6.45) is 3.94. The summed E-state index contributed by atoms with van der Waals surface area (Å²) < 4.78 is 0. The molecule has 0 aliphatic heterocycles. The highest BCUT2D eigenvalue weighted by atomic mass is 16.4. The molecule has 1 unspecified atom stereocenters. The number of hydrogen-bond donors (Lipinski definition) is 1. The molecule has 0 amide bonds. The molecule has 1 aromatic rings. The van der Waals surface area contributed by atoms with Gasteiger partial charge in [0.15, 0.2) is 0 Å². The molecule has 0 saturated heterocycles. The van der Waals surface area contributed by atoms with Crippen LogP contribution in [0.5, 0.6) is 0 Å². The van der Waals surface area contributed by atoms with Gasteiger partial charge in [0, 0.05) is 12.4 Å². The second kappa shape index (κ2) is 4.43. The van der Waals surface area contributed by atoms with E-state index >= 15 is 0 Å². The lowest BCUT2D eigenvalue weighted by Gasteiger charge is -2.28. The minimum absolute atomic E-state index is 0.0928. The smallest absolute Gasteiger partial charge is 0.309 e. The van der Waals surface area contributed by atoms with E-state index in [0.29, 0.717) is 6.42 Å². The Morgan fingerprint density at radius 1 is 1.60 bits per heavy atom. The minimum atomic E-state index is -0.749. The molecule has 1 heterocycles. The van der Waals surface area contributed by atoms with Crippen LogP contribution in [0, 0.1) is 11.3 Å². The first kappa shape index (κ1) is 11.7. The number of carboxylic acids is 1. The number of nitrogens with zero attached hydrogens (tertiary/aromatic N) is 1. The molecule has 0 saturated carbocycles. The number of rotatable bonds is 4. The van der Waals surface area contributed by atoms with E-state index in [-0.39, 0.29) is 5.92 Å². The van der Waals surface area contributed by atoms with Crippen LogP contribution in [0.4, 0.5) is 0 Å². The summed E-state index contributed by atoms with van der Waals surface area (Å²) >= 11 is 0. The molecule has 1 rings (SSSR count). The van der Waals surface area contributed by atoms with Gasteiger partial charge in [0.2, 0.25) is 0 Å². The van der Waals surface area contributed by atoms with E-state index in [0.717, 1.165) is 5.56 Å². The second-order valence-electron chi connectivity index (χ2n) is 4.42. The zero-order chi connectivity index (χ0) is 11.5. The van der Waals surface area contributed by atoms with Crippen molar-refractivity contribution in [1.82, 2.24) is 4.98 Å². The van der Waals surface area contributed by atoms with Crippen LogP contribution in [0.3, 0.4) is 0 Å². The number of aliphatic carboxylic acids is 1. The molecule has 0 fully saturated rings. The van der Waals surface area contributed by atoms with E-state index in [1.54, 1.807) is 19.3 Å². The molecule has 0 radical (unpaired) electrons. The van der Waals surface area contributed by atoms with Gasteiger partial charge in [-0.2, -0.15) is 0 Å². The van der Waals surface area contributed by atoms with Crippen molar-refractivity contribution in [2.24, 2.45) is 11.3 Å². The molecule has 0 aliphatic rings. The predicted molar refractivity (Wildman–Crippen MR) is 58.5 cm³/mol. The third-order valence-electron chi connectivity index (χ3n) is 3.06. The van der Waals surface area contributed by atoms with E-state index in [9.17, 15) is 9.90 Å². The monoisotopic (exact) mass is 207 g/mol. The maximum atomic E-state index is 11.2. The van der Waals surface area contributed by atoms with Crippen LogP contribution < -0.4 is 0 Å². The molecule has 1 aromatic heterocycles. The molecule has 0 aromatic carbocycles. The van der Waals surface area contributed by atoms with E-state index in [1.807, 2.05) is 26.0 Å². The van der Waals surface area contributed by atoms with Crippen LogP contribution in [0.1, 0.15) is 26.3 Å². The molecule has 3 heteroatoms. The van der Waals surface area contributed by atoms with Gasteiger partial charge in [0.25, 0.3) is 0 Å². The van der Waals surface area contributed by atoms with Gasteiger partial charge in [0.05, 0.1) is 5.41 Å². The molecule has 0 aliphatic carbocycles. The highest BCUT2D eigenvalue weighted by Crippen LogP contribution is 2.31. The highest BCUT2D eigenvalue weighted by molar-refractivity contribution is 5.74. The average molecular weight is 207 g/mol. The lowest BCUT2D eigenvalue weighted by atomic mass is 9.75.